The molecule has 0 aliphatic heterocycles. The van der Waals surface area contributed by atoms with Crippen molar-refractivity contribution in [3.63, 3.8) is 0 Å². The highest BCUT2D eigenvalue weighted by Crippen LogP contribution is 2.27. The number of anilines is 1. The number of methoxy groups -OCH3 is 1. The van der Waals surface area contributed by atoms with E-state index in [1.807, 2.05) is 0 Å². The Morgan fingerprint density at radius 1 is 1.22 bits per heavy atom. The molecule has 3 N–H and O–H groups in total. The highest BCUT2D eigenvalue weighted by atomic mass is 16.5. The molecule has 0 bridgehead atoms. The highest BCUT2D eigenvalue weighted by Gasteiger charge is 2.19. The number of Topliss-reactive ketones (excluding diaryl/α,β-unsaturated/α-hetero) is 1. The first-order chi connectivity index (χ1) is 15.3. The molecular weight excluding hydrogens is 418 g/mol. The zero-order valence-electron chi connectivity index (χ0n) is 17.6. The minimum absolute atomic E-state index is 0.0873. The molecule has 11 nitrogen and oxygen atoms in total. The fourth-order valence-electron chi connectivity index (χ4n) is 2.71. The number of carboxylic acids is 1. The summed E-state index contributed by atoms with van der Waals surface area (Å²) in [4.78, 5) is 27.2. The largest absolute Gasteiger partial charge is 0.497 e. The van der Waals surface area contributed by atoms with Crippen LogP contribution in [0.5, 0.6) is 5.75 Å². The molecule has 11 heteroatoms. The van der Waals surface area contributed by atoms with Gasteiger partial charge >= 0.3 is 5.97 Å². The summed E-state index contributed by atoms with van der Waals surface area (Å²) in [5, 5.41) is 16.8. The lowest BCUT2D eigenvalue weighted by molar-refractivity contribution is 0.0691. The van der Waals surface area contributed by atoms with Gasteiger partial charge in [-0.3, -0.25) is 4.79 Å². The second-order valence-corrected chi connectivity index (χ2v) is 6.57. The Bertz CT molecular complexity index is 1240. The van der Waals surface area contributed by atoms with E-state index in [1.54, 1.807) is 50.4 Å². The summed E-state index contributed by atoms with van der Waals surface area (Å²) in [5.74, 6) is 1.30. The highest BCUT2D eigenvalue weighted by molar-refractivity contribution is 5.92. The number of aromatic nitrogens is 4. The van der Waals surface area contributed by atoms with Crippen LogP contribution in [-0.4, -0.2) is 43.9 Å². The van der Waals surface area contributed by atoms with Gasteiger partial charge in [0.25, 0.3) is 0 Å². The van der Waals surface area contributed by atoms with Crippen molar-refractivity contribution >= 4 is 17.6 Å². The van der Waals surface area contributed by atoms with Gasteiger partial charge in [0.05, 0.1) is 13.3 Å². The maximum Gasteiger partial charge on any atom is 0.358 e. The van der Waals surface area contributed by atoms with Gasteiger partial charge in [0.15, 0.2) is 34.7 Å². The summed E-state index contributed by atoms with van der Waals surface area (Å²) in [7, 11) is 1.54. The van der Waals surface area contributed by atoms with Gasteiger partial charge in [-0.1, -0.05) is 12.1 Å². The molecule has 166 valence electrons. The molecule has 0 atom stereocenters. The van der Waals surface area contributed by atoms with E-state index in [9.17, 15) is 9.59 Å². The smallest absolute Gasteiger partial charge is 0.358 e. The third-order valence-electron chi connectivity index (χ3n) is 4.13. The van der Waals surface area contributed by atoms with E-state index in [2.05, 4.69) is 15.2 Å². The molecule has 0 spiro atoms. The second kappa shape index (κ2) is 9.60. The fourth-order valence-corrected chi connectivity index (χ4v) is 2.71. The summed E-state index contributed by atoms with van der Waals surface area (Å²) in [6, 6.07) is 10.3. The summed E-state index contributed by atoms with van der Waals surface area (Å²) in [6.45, 7) is 3.42. The number of nitrogens with zero attached hydrogens (tertiary/aromatic N) is 4. The van der Waals surface area contributed by atoms with Crippen LogP contribution in [0.2, 0.25) is 0 Å². The Kier molecular flexibility index (Phi) is 6.68. The van der Waals surface area contributed by atoms with Crippen LogP contribution in [0.1, 0.15) is 39.6 Å². The third-order valence-corrected chi connectivity index (χ3v) is 4.13. The van der Waals surface area contributed by atoms with Crippen molar-refractivity contribution in [2.75, 3.05) is 12.8 Å². The number of aryl methyl sites for hydroxylation is 1. The Morgan fingerprint density at radius 3 is 2.59 bits per heavy atom. The van der Waals surface area contributed by atoms with Crippen molar-refractivity contribution in [1.29, 1.82) is 0 Å². The predicted molar refractivity (Wildman–Crippen MR) is 112 cm³/mol. The Balaban J connectivity index is 0.000000182. The number of hydrogen-bond donors (Lipinski definition) is 2. The standard InChI is InChI=1S/C12H11NO4.C9H10N4O2/c1-7-13-10(12(14)15)11(17-7)8-4-3-5-9(6-8)16-2;1-6(14)8-3-2-7(15-8)5-13-11-4-9(10)12-13/h3-6H,1-2H3,(H,14,15);2-4H,5H2,1H3,(H2,10,12). The number of carbonyl (C=O) groups is 2. The molecule has 0 aliphatic rings. The van der Waals surface area contributed by atoms with E-state index < -0.39 is 5.97 Å². The molecule has 3 aromatic heterocycles. The van der Waals surface area contributed by atoms with Gasteiger partial charge in [-0.2, -0.15) is 9.90 Å². The van der Waals surface area contributed by atoms with Crippen molar-refractivity contribution in [2.45, 2.75) is 20.4 Å². The number of nitrogen functional groups attached to an aromatic ring is 1. The van der Waals surface area contributed by atoms with Crippen molar-refractivity contribution in [3.05, 3.63) is 65.7 Å². The van der Waals surface area contributed by atoms with Gasteiger partial charge < -0.3 is 24.4 Å². The number of furan rings is 1. The van der Waals surface area contributed by atoms with Crippen molar-refractivity contribution in [1.82, 2.24) is 20.0 Å². The number of hydrogen-bond acceptors (Lipinski definition) is 9. The molecule has 3 heterocycles. The van der Waals surface area contributed by atoms with E-state index in [4.69, 9.17) is 24.4 Å². The molecule has 0 radical (unpaired) electrons. The lowest BCUT2D eigenvalue weighted by Gasteiger charge is -2.02. The van der Waals surface area contributed by atoms with E-state index >= 15 is 0 Å². The average Bonchev–Trinajstić information content (AvgIpc) is 3.49. The van der Waals surface area contributed by atoms with E-state index in [0.29, 0.717) is 41.1 Å². The molecule has 0 saturated heterocycles. The van der Waals surface area contributed by atoms with E-state index in [0.717, 1.165) is 0 Å². The zero-order valence-corrected chi connectivity index (χ0v) is 17.6. The van der Waals surface area contributed by atoms with Gasteiger partial charge in [-0.05, 0) is 24.3 Å². The first-order valence-electron chi connectivity index (χ1n) is 9.37. The summed E-state index contributed by atoms with van der Waals surface area (Å²) >= 11 is 0. The first-order valence-corrected chi connectivity index (χ1v) is 9.37. The molecule has 1 aromatic carbocycles. The lowest BCUT2D eigenvalue weighted by Crippen LogP contribution is -2.03. The number of rotatable bonds is 6. The lowest BCUT2D eigenvalue weighted by atomic mass is 10.1. The average molecular weight is 439 g/mol. The molecule has 0 unspecified atom stereocenters. The van der Waals surface area contributed by atoms with Crippen molar-refractivity contribution < 1.29 is 28.3 Å². The predicted octanol–water partition coefficient (Wildman–Crippen LogP) is 3.06. The number of ketones is 1. The minimum Gasteiger partial charge on any atom is -0.497 e. The van der Waals surface area contributed by atoms with Gasteiger partial charge in [0, 0.05) is 19.4 Å². The van der Waals surface area contributed by atoms with Crippen molar-refractivity contribution in [2.24, 2.45) is 0 Å². The van der Waals surface area contributed by atoms with Gasteiger partial charge in [0.2, 0.25) is 0 Å². The normalized spacial score (nSPS) is 10.3. The zero-order chi connectivity index (χ0) is 23.3. The minimum atomic E-state index is -1.11. The number of oxazole rings is 1. The van der Waals surface area contributed by atoms with Crippen LogP contribution < -0.4 is 10.5 Å². The molecular formula is C21H21N5O6. The Hall–Kier alpha value is -4.41. The maximum atomic E-state index is 11.0. The number of benzene rings is 1. The number of carbonyl (C=O) groups excluding carboxylic acids is 1. The Labute approximate surface area is 182 Å². The van der Waals surface area contributed by atoms with Crippen LogP contribution >= 0.6 is 0 Å². The van der Waals surface area contributed by atoms with Crippen LogP contribution in [0.3, 0.4) is 0 Å². The topological polar surface area (TPSA) is 160 Å². The summed E-state index contributed by atoms with van der Waals surface area (Å²) in [5.41, 5.74) is 5.95. The molecule has 0 aliphatic carbocycles. The molecule has 32 heavy (non-hydrogen) atoms. The first kappa shape index (κ1) is 22.3. The van der Waals surface area contributed by atoms with Gasteiger partial charge in [0.1, 0.15) is 18.1 Å². The molecule has 0 saturated carbocycles. The van der Waals surface area contributed by atoms with E-state index in [1.165, 1.54) is 17.9 Å². The summed E-state index contributed by atoms with van der Waals surface area (Å²) in [6.07, 6.45) is 1.45. The monoisotopic (exact) mass is 439 g/mol. The van der Waals surface area contributed by atoms with Gasteiger partial charge in [-0.15, -0.1) is 5.10 Å². The van der Waals surface area contributed by atoms with Crippen LogP contribution in [0.15, 0.2) is 51.4 Å². The fraction of sp³-hybridized carbons (Fsp3) is 0.190. The third kappa shape index (κ3) is 5.39. The molecule has 4 aromatic rings. The Morgan fingerprint density at radius 2 is 2.00 bits per heavy atom. The van der Waals surface area contributed by atoms with Crippen LogP contribution in [0.25, 0.3) is 11.3 Å². The number of aromatic carboxylic acids is 1. The number of ether oxygens (including phenoxy) is 1. The van der Waals surface area contributed by atoms with E-state index in [-0.39, 0.29) is 17.2 Å². The van der Waals surface area contributed by atoms with Crippen LogP contribution in [0, 0.1) is 6.92 Å². The van der Waals surface area contributed by atoms with Crippen LogP contribution in [-0.2, 0) is 6.54 Å². The molecule has 0 amide bonds. The second-order valence-electron chi connectivity index (χ2n) is 6.57. The van der Waals surface area contributed by atoms with Gasteiger partial charge in [-0.25, -0.2) is 9.78 Å². The number of nitrogens with two attached hydrogens (primary N) is 1. The van der Waals surface area contributed by atoms with Crippen molar-refractivity contribution in [3.8, 4) is 17.1 Å². The van der Waals surface area contributed by atoms with Crippen LogP contribution in [0.4, 0.5) is 5.82 Å². The number of carboxylic acid groups (broad SMARTS) is 1. The summed E-state index contributed by atoms with van der Waals surface area (Å²) < 4.78 is 15.7. The SMILES string of the molecule is CC(=O)c1ccc(Cn2ncc(N)n2)o1.COc1cccc(-c2oc(C)nc2C(=O)O)c1. The maximum absolute atomic E-state index is 11.0. The molecule has 4 rings (SSSR count). The quantitative estimate of drug-likeness (QED) is 0.427. The molecule has 0 fully saturated rings.